The number of hydrogen-bond donors (Lipinski definition) is 0. The number of aryl methyl sites for hydroxylation is 1. The maximum atomic E-state index is 11.8. The van der Waals surface area contributed by atoms with Gasteiger partial charge in [-0.25, -0.2) is 0 Å². The summed E-state index contributed by atoms with van der Waals surface area (Å²) < 4.78 is 35.8. The van der Waals surface area contributed by atoms with Gasteiger partial charge in [-0.15, -0.1) is 0 Å². The molecule has 0 fully saturated rings. The van der Waals surface area contributed by atoms with E-state index in [1.54, 1.807) is 12.1 Å². The SMILES string of the molecule is Cc1ccc([I-]CC(F)(F)F)cc1. The Morgan fingerprint density at radius 3 is 2.15 bits per heavy atom. The maximum absolute atomic E-state index is 11.8. The van der Waals surface area contributed by atoms with Gasteiger partial charge >= 0.3 is 85.3 Å². The van der Waals surface area contributed by atoms with Gasteiger partial charge in [0.05, 0.1) is 0 Å². The summed E-state index contributed by atoms with van der Waals surface area (Å²) in [7, 11) is 0. The zero-order valence-electron chi connectivity index (χ0n) is 7.03. The van der Waals surface area contributed by atoms with Crippen LogP contribution in [0.4, 0.5) is 13.2 Å². The average Bonchev–Trinajstić information content (AvgIpc) is 2.02. The Hall–Kier alpha value is -0.260. The van der Waals surface area contributed by atoms with Gasteiger partial charge in [-0.2, -0.15) is 0 Å². The number of rotatable bonds is 2. The third-order valence-corrected chi connectivity index (χ3v) is 4.23. The van der Waals surface area contributed by atoms with Crippen molar-refractivity contribution in [3.05, 3.63) is 33.4 Å². The van der Waals surface area contributed by atoms with Gasteiger partial charge in [0.1, 0.15) is 0 Å². The molecule has 1 aromatic rings. The molecular weight excluding hydrogens is 292 g/mol. The predicted octanol–water partition coefficient (Wildman–Crippen LogP) is -0.184. The second-order valence-electron chi connectivity index (χ2n) is 2.68. The van der Waals surface area contributed by atoms with Gasteiger partial charge in [0.25, 0.3) is 0 Å². The summed E-state index contributed by atoms with van der Waals surface area (Å²) in [6.07, 6.45) is -4.00. The standard InChI is InChI=1S/C9H9F3I/c1-7-2-4-8(5-3-7)13-6-9(10,11)12/h2-5H,6H2,1H3/q-1. The van der Waals surface area contributed by atoms with E-state index >= 15 is 0 Å². The molecule has 0 bridgehead atoms. The number of alkyl halides is 4. The summed E-state index contributed by atoms with van der Waals surface area (Å²) in [5.74, 6) is 0. The number of halogens is 4. The number of hydrogen-bond acceptors (Lipinski definition) is 0. The van der Waals surface area contributed by atoms with E-state index in [1.165, 1.54) is 0 Å². The fourth-order valence-corrected chi connectivity index (χ4v) is 2.52. The van der Waals surface area contributed by atoms with Crippen molar-refractivity contribution in [3.8, 4) is 0 Å². The molecule has 0 spiro atoms. The molecule has 0 amide bonds. The van der Waals surface area contributed by atoms with Crippen LogP contribution in [0.3, 0.4) is 0 Å². The van der Waals surface area contributed by atoms with E-state index in [0.717, 1.165) is 9.13 Å². The zero-order valence-corrected chi connectivity index (χ0v) is 9.19. The first-order chi connectivity index (χ1) is 5.97. The first-order valence-corrected chi connectivity index (χ1v) is 6.30. The van der Waals surface area contributed by atoms with Crippen LogP contribution in [0.1, 0.15) is 5.56 Å². The zero-order chi connectivity index (χ0) is 9.90. The molecule has 0 aliphatic carbocycles. The van der Waals surface area contributed by atoms with Crippen molar-refractivity contribution in [1.82, 2.24) is 0 Å². The third-order valence-electron chi connectivity index (χ3n) is 1.38. The molecule has 0 unspecified atom stereocenters. The molecule has 1 rings (SSSR count). The Balaban J connectivity index is 2.51. The van der Waals surface area contributed by atoms with Crippen LogP contribution >= 0.6 is 0 Å². The van der Waals surface area contributed by atoms with E-state index in [2.05, 4.69) is 0 Å². The molecule has 0 nitrogen and oxygen atoms in total. The van der Waals surface area contributed by atoms with E-state index < -0.39 is 31.8 Å². The molecule has 0 saturated heterocycles. The van der Waals surface area contributed by atoms with Crippen molar-refractivity contribution in [2.24, 2.45) is 0 Å². The minimum absolute atomic E-state index is 0.630. The Kier molecular flexibility index (Phi) is 3.58. The van der Waals surface area contributed by atoms with Crippen molar-refractivity contribution >= 4 is 0 Å². The van der Waals surface area contributed by atoms with E-state index in [-0.39, 0.29) is 0 Å². The van der Waals surface area contributed by atoms with E-state index in [4.69, 9.17) is 0 Å². The molecule has 0 saturated carbocycles. The molecule has 0 aromatic heterocycles. The Morgan fingerprint density at radius 1 is 1.15 bits per heavy atom. The number of benzene rings is 1. The van der Waals surface area contributed by atoms with Crippen LogP contribution in [0.15, 0.2) is 24.3 Å². The monoisotopic (exact) mass is 301 g/mol. The first kappa shape index (κ1) is 10.8. The van der Waals surface area contributed by atoms with Crippen molar-refractivity contribution in [1.29, 1.82) is 0 Å². The average molecular weight is 301 g/mol. The van der Waals surface area contributed by atoms with E-state index in [1.807, 2.05) is 19.1 Å². The predicted molar refractivity (Wildman–Crippen MR) is 40.8 cm³/mol. The summed E-state index contributed by atoms with van der Waals surface area (Å²) in [6.45, 7) is 1.92. The summed E-state index contributed by atoms with van der Waals surface area (Å²) in [4.78, 5) is 0. The molecule has 0 N–H and O–H groups in total. The molecule has 4 heteroatoms. The molecule has 1 aromatic carbocycles. The van der Waals surface area contributed by atoms with E-state index in [9.17, 15) is 13.2 Å². The Labute approximate surface area is 85.4 Å². The van der Waals surface area contributed by atoms with Crippen LogP contribution in [0.5, 0.6) is 0 Å². The molecule has 13 heavy (non-hydrogen) atoms. The molecule has 0 heterocycles. The van der Waals surface area contributed by atoms with Gasteiger partial charge in [-0.1, -0.05) is 0 Å². The Bertz CT molecular complexity index is 263. The molecule has 0 aliphatic heterocycles. The summed E-state index contributed by atoms with van der Waals surface area (Å²) >= 11 is -0.901. The quantitative estimate of drug-likeness (QED) is 0.525. The van der Waals surface area contributed by atoms with E-state index in [0.29, 0.717) is 0 Å². The molecule has 0 atom stereocenters. The van der Waals surface area contributed by atoms with Gasteiger partial charge in [0.15, 0.2) is 0 Å². The summed E-state index contributed by atoms with van der Waals surface area (Å²) in [6, 6.07) is 7.28. The van der Waals surface area contributed by atoms with Crippen molar-refractivity contribution in [3.63, 3.8) is 0 Å². The fraction of sp³-hybridized carbons (Fsp3) is 0.333. The fourth-order valence-electron chi connectivity index (χ4n) is 0.775. The second kappa shape index (κ2) is 4.30. The molecule has 0 radical (unpaired) electrons. The van der Waals surface area contributed by atoms with Gasteiger partial charge < -0.3 is 0 Å². The van der Waals surface area contributed by atoms with Gasteiger partial charge in [0.2, 0.25) is 0 Å². The van der Waals surface area contributed by atoms with Crippen molar-refractivity contribution in [2.75, 3.05) is 4.43 Å². The van der Waals surface area contributed by atoms with Crippen LogP contribution in [-0.2, 0) is 0 Å². The molecule has 74 valence electrons. The second-order valence-corrected chi connectivity index (χ2v) is 5.45. The summed E-state index contributed by atoms with van der Waals surface area (Å²) in [5, 5.41) is 0. The summed E-state index contributed by atoms with van der Waals surface area (Å²) in [5.41, 5.74) is 1.08. The van der Waals surface area contributed by atoms with Gasteiger partial charge in [-0.05, 0) is 0 Å². The minimum atomic E-state index is -4.00. The van der Waals surface area contributed by atoms with Crippen LogP contribution < -0.4 is 21.2 Å². The molecule has 0 aliphatic rings. The van der Waals surface area contributed by atoms with Crippen LogP contribution in [0, 0.1) is 10.5 Å². The van der Waals surface area contributed by atoms with Crippen LogP contribution in [-0.4, -0.2) is 10.6 Å². The van der Waals surface area contributed by atoms with Crippen molar-refractivity contribution in [2.45, 2.75) is 13.1 Å². The first-order valence-electron chi connectivity index (χ1n) is 3.70. The van der Waals surface area contributed by atoms with Crippen LogP contribution in [0.25, 0.3) is 0 Å². The van der Waals surface area contributed by atoms with Gasteiger partial charge in [-0.3, -0.25) is 0 Å². The Morgan fingerprint density at radius 2 is 1.69 bits per heavy atom. The topological polar surface area (TPSA) is 0 Å². The normalized spacial score (nSPS) is 12.0. The van der Waals surface area contributed by atoms with Crippen molar-refractivity contribution < 1.29 is 34.4 Å². The third kappa shape index (κ3) is 4.50. The van der Waals surface area contributed by atoms with Gasteiger partial charge in [0, 0.05) is 0 Å². The molecular formula is C9H9F3I-. The van der Waals surface area contributed by atoms with Crippen LogP contribution in [0.2, 0.25) is 0 Å².